The molecule has 0 aliphatic carbocycles. The fourth-order valence-electron chi connectivity index (χ4n) is 2.73. The lowest BCUT2D eigenvalue weighted by molar-refractivity contribution is 0.398. The summed E-state index contributed by atoms with van der Waals surface area (Å²) >= 11 is 0. The molecule has 136 valence electrons. The number of aromatic nitrogens is 3. The van der Waals surface area contributed by atoms with Gasteiger partial charge < -0.3 is 0 Å². The van der Waals surface area contributed by atoms with Crippen molar-refractivity contribution in [1.82, 2.24) is 19.1 Å². The molecule has 0 amide bonds. The highest BCUT2D eigenvalue weighted by Crippen LogP contribution is 2.26. The average molecular weight is 370 g/mol. The Morgan fingerprint density at radius 2 is 1.73 bits per heavy atom. The van der Waals surface area contributed by atoms with Crippen LogP contribution in [0.4, 0.5) is 0 Å². The first-order valence-corrected chi connectivity index (χ1v) is 9.89. The van der Waals surface area contributed by atoms with Crippen molar-refractivity contribution in [1.29, 1.82) is 0 Å². The summed E-state index contributed by atoms with van der Waals surface area (Å²) in [4.78, 5) is 4.24. The molecule has 0 spiro atoms. The normalized spacial score (nSPS) is 13.1. The van der Waals surface area contributed by atoms with Crippen molar-refractivity contribution in [3.8, 4) is 5.69 Å². The van der Waals surface area contributed by atoms with Crippen LogP contribution in [0.3, 0.4) is 0 Å². The van der Waals surface area contributed by atoms with Crippen molar-refractivity contribution in [2.75, 3.05) is 7.05 Å². The van der Waals surface area contributed by atoms with Crippen molar-refractivity contribution in [3.05, 3.63) is 72.3 Å². The Balaban J connectivity index is 1.82. The Morgan fingerprint density at radius 3 is 2.27 bits per heavy atom. The van der Waals surface area contributed by atoms with Crippen molar-refractivity contribution in [2.24, 2.45) is 0 Å². The zero-order valence-corrected chi connectivity index (χ0v) is 15.9. The maximum atomic E-state index is 12.9. The molecular weight excluding hydrogens is 348 g/mol. The van der Waals surface area contributed by atoms with Crippen molar-refractivity contribution < 1.29 is 8.42 Å². The highest BCUT2D eigenvalue weighted by molar-refractivity contribution is 7.89. The fraction of sp³-hybridized carbons (Fsp3) is 0.263. The standard InChI is InChI=1S/C19H22N4O2S/c1-4-16-5-11-19(12-6-16)26(24,25)22(3)15(2)17-7-9-18(10-8-17)23-14-20-13-21-23/h5-15H,4H2,1-3H3/t15-/m1/s1. The van der Waals surface area contributed by atoms with E-state index < -0.39 is 10.0 Å². The number of sulfonamides is 1. The molecule has 1 atom stereocenters. The molecule has 0 bridgehead atoms. The number of benzene rings is 2. The second-order valence-electron chi connectivity index (χ2n) is 6.13. The van der Waals surface area contributed by atoms with Gasteiger partial charge in [-0.15, -0.1) is 0 Å². The Morgan fingerprint density at radius 1 is 1.08 bits per heavy atom. The number of aryl methyl sites for hydroxylation is 1. The molecule has 0 saturated heterocycles. The largest absolute Gasteiger partial charge is 0.243 e. The topological polar surface area (TPSA) is 68.1 Å². The van der Waals surface area contributed by atoms with Crippen LogP contribution in [0.25, 0.3) is 5.69 Å². The molecule has 0 radical (unpaired) electrons. The van der Waals surface area contributed by atoms with Gasteiger partial charge in [0.1, 0.15) is 12.7 Å². The van der Waals surface area contributed by atoms with Crippen LogP contribution in [-0.2, 0) is 16.4 Å². The van der Waals surface area contributed by atoms with Gasteiger partial charge in [-0.3, -0.25) is 0 Å². The minimum absolute atomic E-state index is 0.296. The van der Waals surface area contributed by atoms with E-state index in [0.29, 0.717) is 4.90 Å². The van der Waals surface area contributed by atoms with Gasteiger partial charge in [0.2, 0.25) is 10.0 Å². The lowest BCUT2D eigenvalue weighted by Gasteiger charge is -2.25. The first kappa shape index (κ1) is 18.3. The number of rotatable bonds is 6. The molecule has 7 heteroatoms. The third kappa shape index (κ3) is 3.54. The zero-order valence-electron chi connectivity index (χ0n) is 15.1. The minimum atomic E-state index is -3.56. The van der Waals surface area contributed by atoms with E-state index in [4.69, 9.17) is 0 Å². The predicted molar refractivity (Wildman–Crippen MR) is 101 cm³/mol. The van der Waals surface area contributed by atoms with Gasteiger partial charge in [-0.2, -0.15) is 9.40 Å². The summed E-state index contributed by atoms with van der Waals surface area (Å²) in [6.07, 6.45) is 3.97. The molecule has 26 heavy (non-hydrogen) atoms. The van der Waals surface area contributed by atoms with Crippen molar-refractivity contribution in [3.63, 3.8) is 0 Å². The highest BCUT2D eigenvalue weighted by atomic mass is 32.2. The van der Waals surface area contributed by atoms with E-state index in [-0.39, 0.29) is 6.04 Å². The lowest BCUT2D eigenvalue weighted by atomic mass is 10.1. The quantitative estimate of drug-likeness (QED) is 0.668. The minimum Gasteiger partial charge on any atom is -0.223 e. The van der Waals surface area contributed by atoms with Gasteiger partial charge in [0.05, 0.1) is 10.6 Å². The third-order valence-corrected chi connectivity index (χ3v) is 6.56. The summed E-state index contributed by atoms with van der Waals surface area (Å²) in [7, 11) is -1.95. The Hall–Kier alpha value is -2.51. The zero-order chi connectivity index (χ0) is 18.7. The average Bonchev–Trinajstić information content (AvgIpc) is 3.21. The molecule has 0 N–H and O–H groups in total. The SMILES string of the molecule is CCc1ccc(S(=O)(=O)N(C)[C@H](C)c2ccc(-n3cncn3)cc2)cc1. The van der Waals surface area contributed by atoms with Crippen LogP contribution in [0, 0.1) is 0 Å². The van der Waals surface area contributed by atoms with Crippen LogP contribution in [0.5, 0.6) is 0 Å². The molecule has 0 unspecified atom stereocenters. The van der Waals surface area contributed by atoms with E-state index in [1.807, 2.05) is 50.2 Å². The van der Waals surface area contributed by atoms with E-state index in [1.54, 1.807) is 30.2 Å². The molecule has 0 aliphatic rings. The highest BCUT2D eigenvalue weighted by Gasteiger charge is 2.26. The number of nitrogens with zero attached hydrogens (tertiary/aromatic N) is 4. The number of hydrogen-bond acceptors (Lipinski definition) is 4. The summed E-state index contributed by atoms with van der Waals surface area (Å²) in [6.45, 7) is 3.92. The van der Waals surface area contributed by atoms with Crippen LogP contribution in [0.1, 0.15) is 31.0 Å². The molecule has 0 aliphatic heterocycles. The molecular formula is C19H22N4O2S. The maximum absolute atomic E-state index is 12.9. The van der Waals surface area contributed by atoms with Crippen LogP contribution >= 0.6 is 0 Å². The smallest absolute Gasteiger partial charge is 0.223 e. The molecule has 1 aromatic heterocycles. The van der Waals surface area contributed by atoms with Gasteiger partial charge >= 0.3 is 0 Å². The van der Waals surface area contributed by atoms with Gasteiger partial charge in [-0.25, -0.2) is 18.1 Å². The summed E-state index contributed by atoms with van der Waals surface area (Å²) in [6, 6.07) is 14.4. The number of hydrogen-bond donors (Lipinski definition) is 0. The van der Waals surface area contributed by atoms with E-state index in [1.165, 1.54) is 10.6 Å². The molecule has 3 rings (SSSR count). The van der Waals surface area contributed by atoms with E-state index in [9.17, 15) is 8.42 Å². The van der Waals surface area contributed by atoms with Crippen molar-refractivity contribution in [2.45, 2.75) is 31.2 Å². The van der Waals surface area contributed by atoms with Gasteiger partial charge in [0, 0.05) is 13.1 Å². The van der Waals surface area contributed by atoms with Gasteiger partial charge in [-0.1, -0.05) is 31.2 Å². The lowest BCUT2D eigenvalue weighted by Crippen LogP contribution is -2.29. The van der Waals surface area contributed by atoms with Crippen molar-refractivity contribution >= 4 is 10.0 Å². The first-order chi connectivity index (χ1) is 12.4. The third-order valence-electron chi connectivity index (χ3n) is 4.61. The second kappa shape index (κ2) is 7.39. The monoisotopic (exact) mass is 370 g/mol. The molecule has 0 fully saturated rings. The summed E-state index contributed by atoms with van der Waals surface area (Å²) in [5.74, 6) is 0. The summed E-state index contributed by atoms with van der Waals surface area (Å²) in [5, 5.41) is 4.09. The first-order valence-electron chi connectivity index (χ1n) is 8.45. The van der Waals surface area contributed by atoms with Crippen LogP contribution in [0.2, 0.25) is 0 Å². The van der Waals surface area contributed by atoms with Gasteiger partial charge in [-0.05, 0) is 48.7 Å². The summed E-state index contributed by atoms with van der Waals surface area (Å²) < 4.78 is 28.9. The maximum Gasteiger partial charge on any atom is 0.243 e. The van der Waals surface area contributed by atoms with Crippen LogP contribution in [0.15, 0.2) is 66.1 Å². The van der Waals surface area contributed by atoms with Crippen LogP contribution < -0.4 is 0 Å². The van der Waals surface area contributed by atoms with Gasteiger partial charge in [0.15, 0.2) is 0 Å². The van der Waals surface area contributed by atoms with Crippen LogP contribution in [-0.4, -0.2) is 34.5 Å². The van der Waals surface area contributed by atoms with E-state index >= 15 is 0 Å². The fourth-order valence-corrected chi connectivity index (χ4v) is 4.08. The molecule has 1 heterocycles. The molecule has 6 nitrogen and oxygen atoms in total. The molecule has 3 aromatic rings. The summed E-state index contributed by atoms with van der Waals surface area (Å²) in [5.41, 5.74) is 2.90. The van der Waals surface area contributed by atoms with E-state index in [0.717, 1.165) is 23.2 Å². The Bertz CT molecular complexity index is 950. The Labute approximate surface area is 154 Å². The molecule has 0 saturated carbocycles. The van der Waals surface area contributed by atoms with Gasteiger partial charge in [0.25, 0.3) is 0 Å². The second-order valence-corrected chi connectivity index (χ2v) is 8.12. The Kier molecular flexibility index (Phi) is 5.20. The predicted octanol–water partition coefficient (Wildman–Crippen LogP) is 3.21. The molecule has 2 aromatic carbocycles. The van der Waals surface area contributed by atoms with E-state index in [2.05, 4.69) is 10.1 Å².